The second kappa shape index (κ2) is 9.92. The van der Waals surface area contributed by atoms with Crippen molar-refractivity contribution in [3.8, 4) is 0 Å². The lowest BCUT2D eigenvalue weighted by atomic mass is 10.1. The second-order valence-corrected chi connectivity index (χ2v) is 11.9. The van der Waals surface area contributed by atoms with Crippen LogP contribution in [0.3, 0.4) is 0 Å². The number of amides is 1. The summed E-state index contributed by atoms with van der Waals surface area (Å²) in [5.74, 6) is -0.310. The Morgan fingerprint density at radius 2 is 1.48 bits per heavy atom. The number of aryl methyl sites for hydroxylation is 2. The third-order valence-corrected chi connectivity index (χ3v) is 10.0. The van der Waals surface area contributed by atoms with Gasteiger partial charge >= 0.3 is 0 Å². The normalized spacial score (nSPS) is 15.7. The molecule has 0 saturated carbocycles. The van der Waals surface area contributed by atoms with E-state index in [1.807, 2.05) is 13.8 Å². The number of nitrogens with zero attached hydrogens (tertiary/aromatic N) is 3. The van der Waals surface area contributed by atoms with Crippen molar-refractivity contribution < 1.29 is 21.6 Å². The van der Waals surface area contributed by atoms with Gasteiger partial charge in [-0.2, -0.15) is 8.61 Å². The zero-order chi connectivity index (χ0) is 24.4. The lowest BCUT2D eigenvalue weighted by Gasteiger charge is -2.34. The summed E-state index contributed by atoms with van der Waals surface area (Å²) in [6, 6.07) is 11.1. The number of hydrogen-bond donors (Lipinski definition) is 0. The van der Waals surface area contributed by atoms with Gasteiger partial charge in [0.15, 0.2) is 0 Å². The molecule has 0 radical (unpaired) electrons. The molecule has 8 nitrogen and oxygen atoms in total. The van der Waals surface area contributed by atoms with Crippen LogP contribution < -0.4 is 0 Å². The summed E-state index contributed by atoms with van der Waals surface area (Å²) in [6.07, 6.45) is 0. The highest BCUT2D eigenvalue weighted by Gasteiger charge is 2.31. The van der Waals surface area contributed by atoms with Gasteiger partial charge in [0.05, 0.1) is 9.79 Å². The SMILES string of the molecule is CCN(CC)S(=O)(=O)c1cccc(C(=O)N2CCN(S(=O)(=O)c3ccc(C)c(C)c3)CC2)c1. The summed E-state index contributed by atoms with van der Waals surface area (Å²) < 4.78 is 54.4. The van der Waals surface area contributed by atoms with E-state index in [9.17, 15) is 21.6 Å². The number of rotatable bonds is 7. The van der Waals surface area contributed by atoms with E-state index in [1.165, 1.54) is 20.7 Å². The number of carbonyl (C=O) groups is 1. The summed E-state index contributed by atoms with van der Waals surface area (Å²) in [5, 5.41) is 0. The van der Waals surface area contributed by atoms with Crippen LogP contribution in [0.2, 0.25) is 0 Å². The lowest BCUT2D eigenvalue weighted by Crippen LogP contribution is -2.50. The van der Waals surface area contributed by atoms with Crippen LogP contribution in [0, 0.1) is 13.8 Å². The first-order valence-corrected chi connectivity index (χ1v) is 13.9. The average Bonchev–Trinajstić information content (AvgIpc) is 2.81. The van der Waals surface area contributed by atoms with Crippen LogP contribution in [0.1, 0.15) is 35.3 Å². The molecule has 1 heterocycles. The number of benzene rings is 2. The van der Waals surface area contributed by atoms with Gasteiger partial charge in [-0.1, -0.05) is 26.0 Å². The fourth-order valence-corrected chi connectivity index (χ4v) is 6.85. The summed E-state index contributed by atoms with van der Waals surface area (Å²) in [7, 11) is -7.32. The Kier molecular flexibility index (Phi) is 7.62. The van der Waals surface area contributed by atoms with E-state index in [1.54, 1.807) is 49.1 Å². The highest BCUT2D eigenvalue weighted by molar-refractivity contribution is 7.89. The standard InChI is InChI=1S/C23H31N3O5S2/c1-5-25(6-2)32(28,29)21-9-7-8-20(17-21)23(27)24-12-14-26(15-13-24)33(30,31)22-11-10-18(3)19(4)16-22/h7-11,16-17H,5-6,12-15H2,1-4H3. The number of hydrogen-bond acceptors (Lipinski definition) is 5. The fourth-order valence-electron chi connectivity index (χ4n) is 3.84. The van der Waals surface area contributed by atoms with E-state index >= 15 is 0 Å². The molecule has 1 aliphatic heterocycles. The summed E-state index contributed by atoms with van der Waals surface area (Å²) in [5.41, 5.74) is 2.20. The van der Waals surface area contributed by atoms with Gasteiger partial charge in [-0.05, 0) is 55.3 Å². The Morgan fingerprint density at radius 3 is 2.06 bits per heavy atom. The van der Waals surface area contributed by atoms with Crippen molar-refractivity contribution >= 4 is 26.0 Å². The first kappa shape index (κ1) is 25.4. The molecule has 0 aliphatic carbocycles. The van der Waals surface area contributed by atoms with Crippen LogP contribution in [0.25, 0.3) is 0 Å². The number of sulfonamides is 2. The molecule has 1 fully saturated rings. The maximum atomic E-state index is 13.0. The Bertz CT molecular complexity index is 1230. The lowest BCUT2D eigenvalue weighted by molar-refractivity contribution is 0.0697. The van der Waals surface area contributed by atoms with Crippen LogP contribution in [-0.2, 0) is 20.0 Å². The second-order valence-electron chi connectivity index (χ2n) is 8.06. The molecule has 3 rings (SSSR count). The Morgan fingerprint density at radius 1 is 0.848 bits per heavy atom. The van der Waals surface area contributed by atoms with Gasteiger partial charge < -0.3 is 4.90 Å². The minimum atomic E-state index is -3.68. The first-order chi connectivity index (χ1) is 15.5. The molecule has 1 aliphatic rings. The molecule has 10 heteroatoms. The Balaban J connectivity index is 1.74. The molecule has 0 unspecified atom stereocenters. The van der Waals surface area contributed by atoms with Gasteiger partial charge in [0.2, 0.25) is 20.0 Å². The molecule has 2 aromatic carbocycles. The highest BCUT2D eigenvalue weighted by Crippen LogP contribution is 2.22. The molecule has 33 heavy (non-hydrogen) atoms. The third-order valence-electron chi connectivity index (χ3n) is 6.07. The quantitative estimate of drug-likeness (QED) is 0.591. The van der Waals surface area contributed by atoms with Gasteiger partial charge in [0.1, 0.15) is 0 Å². The molecule has 0 spiro atoms. The predicted octanol–water partition coefficient (Wildman–Crippen LogP) is 2.48. The van der Waals surface area contributed by atoms with Crippen LogP contribution >= 0.6 is 0 Å². The van der Waals surface area contributed by atoms with Crippen molar-refractivity contribution in [2.24, 2.45) is 0 Å². The van der Waals surface area contributed by atoms with E-state index in [4.69, 9.17) is 0 Å². The minimum Gasteiger partial charge on any atom is -0.336 e. The molecule has 0 aromatic heterocycles. The van der Waals surface area contributed by atoms with Gasteiger partial charge in [-0.3, -0.25) is 4.79 Å². The Labute approximate surface area is 196 Å². The third kappa shape index (κ3) is 5.13. The molecular formula is C23H31N3O5S2. The predicted molar refractivity (Wildman–Crippen MR) is 127 cm³/mol. The van der Waals surface area contributed by atoms with Crippen LogP contribution in [0.4, 0.5) is 0 Å². The van der Waals surface area contributed by atoms with Gasteiger partial charge in [-0.25, -0.2) is 16.8 Å². The van der Waals surface area contributed by atoms with Gasteiger partial charge in [0, 0.05) is 44.8 Å². The summed E-state index contributed by atoms with van der Waals surface area (Å²) in [4.78, 5) is 14.9. The zero-order valence-electron chi connectivity index (χ0n) is 19.5. The average molecular weight is 494 g/mol. The number of piperazine rings is 1. The topological polar surface area (TPSA) is 95.1 Å². The van der Waals surface area contributed by atoms with E-state index in [0.717, 1.165) is 11.1 Å². The molecule has 1 saturated heterocycles. The van der Waals surface area contributed by atoms with Crippen LogP contribution in [0.5, 0.6) is 0 Å². The smallest absolute Gasteiger partial charge is 0.253 e. The maximum absolute atomic E-state index is 13.0. The largest absolute Gasteiger partial charge is 0.336 e. The van der Waals surface area contributed by atoms with Crippen molar-refractivity contribution in [2.75, 3.05) is 39.3 Å². The number of carbonyl (C=O) groups excluding carboxylic acids is 1. The monoisotopic (exact) mass is 493 g/mol. The van der Waals surface area contributed by atoms with E-state index in [-0.39, 0.29) is 47.4 Å². The highest BCUT2D eigenvalue weighted by atomic mass is 32.2. The molecule has 180 valence electrons. The van der Waals surface area contributed by atoms with Crippen molar-refractivity contribution in [2.45, 2.75) is 37.5 Å². The molecule has 0 atom stereocenters. The maximum Gasteiger partial charge on any atom is 0.253 e. The van der Waals surface area contributed by atoms with Crippen molar-refractivity contribution in [1.82, 2.24) is 13.5 Å². The van der Waals surface area contributed by atoms with Crippen LogP contribution in [0.15, 0.2) is 52.3 Å². The summed E-state index contributed by atoms with van der Waals surface area (Å²) in [6.45, 7) is 8.84. The van der Waals surface area contributed by atoms with Gasteiger partial charge in [-0.15, -0.1) is 0 Å². The van der Waals surface area contributed by atoms with Gasteiger partial charge in [0.25, 0.3) is 5.91 Å². The van der Waals surface area contributed by atoms with E-state index in [0.29, 0.717) is 13.1 Å². The van der Waals surface area contributed by atoms with E-state index in [2.05, 4.69) is 0 Å². The molecule has 0 bridgehead atoms. The van der Waals surface area contributed by atoms with Crippen molar-refractivity contribution in [1.29, 1.82) is 0 Å². The van der Waals surface area contributed by atoms with Crippen molar-refractivity contribution in [3.63, 3.8) is 0 Å². The van der Waals surface area contributed by atoms with Crippen LogP contribution in [-0.4, -0.2) is 75.5 Å². The van der Waals surface area contributed by atoms with Crippen molar-refractivity contribution in [3.05, 3.63) is 59.2 Å². The van der Waals surface area contributed by atoms with E-state index < -0.39 is 20.0 Å². The molecule has 2 aromatic rings. The first-order valence-electron chi connectivity index (χ1n) is 11.0. The molecule has 0 N–H and O–H groups in total. The summed E-state index contributed by atoms with van der Waals surface area (Å²) >= 11 is 0. The zero-order valence-corrected chi connectivity index (χ0v) is 21.1. The minimum absolute atomic E-state index is 0.0769. The fraction of sp³-hybridized carbons (Fsp3) is 0.435. The molecular weight excluding hydrogens is 462 g/mol. The Hall–Kier alpha value is -2.27. The molecule has 1 amide bonds.